The summed E-state index contributed by atoms with van der Waals surface area (Å²) in [5, 5.41) is 0. The molecule has 1 fully saturated rings. The van der Waals surface area contributed by atoms with Crippen LogP contribution in [-0.4, -0.2) is 30.5 Å². The number of nitrogens with zero attached hydrogens (tertiary/aromatic N) is 1. The van der Waals surface area contributed by atoms with Crippen LogP contribution >= 0.6 is 0 Å². The number of aryl methyl sites for hydroxylation is 1. The van der Waals surface area contributed by atoms with Crippen LogP contribution in [0.2, 0.25) is 0 Å². The van der Waals surface area contributed by atoms with Crippen molar-refractivity contribution in [3.63, 3.8) is 0 Å². The molecule has 0 unspecified atom stereocenters. The largest absolute Gasteiger partial charge is 0.497 e. The molecule has 3 aliphatic rings. The highest BCUT2D eigenvalue weighted by Crippen LogP contribution is 2.44. The first-order chi connectivity index (χ1) is 9.78. The van der Waals surface area contributed by atoms with Gasteiger partial charge in [0.15, 0.2) is 0 Å². The minimum atomic E-state index is 0.339. The van der Waals surface area contributed by atoms with E-state index in [1.807, 2.05) is 6.07 Å². The number of benzene rings is 1. The summed E-state index contributed by atoms with van der Waals surface area (Å²) in [6.07, 6.45) is 6.28. The molecule has 3 nitrogen and oxygen atoms in total. The van der Waals surface area contributed by atoms with Gasteiger partial charge in [0.1, 0.15) is 5.75 Å². The number of fused-ring (bicyclic) bond motifs is 5. The van der Waals surface area contributed by atoms with Crippen molar-refractivity contribution in [2.45, 2.75) is 31.7 Å². The van der Waals surface area contributed by atoms with Crippen molar-refractivity contribution >= 4 is 11.5 Å². The molecule has 104 valence electrons. The number of carbonyl (C=O) groups is 1. The Morgan fingerprint density at radius 2 is 2.15 bits per heavy atom. The fourth-order valence-corrected chi connectivity index (χ4v) is 4.12. The van der Waals surface area contributed by atoms with Gasteiger partial charge in [-0.15, -0.1) is 0 Å². The second kappa shape index (κ2) is 4.37. The van der Waals surface area contributed by atoms with Gasteiger partial charge in [-0.05, 0) is 48.1 Å². The summed E-state index contributed by atoms with van der Waals surface area (Å²) < 4.78 is 5.33. The Bertz CT molecular complexity index is 605. The fourth-order valence-electron chi connectivity index (χ4n) is 4.12. The maximum atomic E-state index is 11.9. The maximum Gasteiger partial charge on any atom is 0.223 e. The predicted molar refractivity (Wildman–Crippen MR) is 77.5 cm³/mol. The average Bonchev–Trinajstić information content (AvgIpc) is 2.88. The van der Waals surface area contributed by atoms with Gasteiger partial charge in [0.05, 0.1) is 7.11 Å². The molecule has 0 aromatic heterocycles. The molecule has 20 heavy (non-hydrogen) atoms. The third kappa shape index (κ3) is 1.62. The van der Waals surface area contributed by atoms with E-state index in [2.05, 4.69) is 23.1 Å². The molecular weight excluding hydrogens is 250 g/mol. The highest BCUT2D eigenvalue weighted by molar-refractivity contribution is 5.82. The minimum Gasteiger partial charge on any atom is -0.497 e. The van der Waals surface area contributed by atoms with Crippen LogP contribution in [0.4, 0.5) is 0 Å². The second-order valence-electron chi connectivity index (χ2n) is 5.98. The van der Waals surface area contributed by atoms with E-state index in [4.69, 9.17) is 4.74 Å². The fraction of sp³-hybridized carbons (Fsp3) is 0.471. The normalized spacial score (nSPS) is 27.6. The van der Waals surface area contributed by atoms with Gasteiger partial charge in [-0.2, -0.15) is 0 Å². The molecule has 4 rings (SSSR count). The van der Waals surface area contributed by atoms with E-state index in [1.54, 1.807) is 7.11 Å². The Hall–Kier alpha value is -1.77. The molecule has 1 amide bonds. The molecule has 0 spiro atoms. The summed E-state index contributed by atoms with van der Waals surface area (Å²) in [6, 6.07) is 6.85. The molecule has 0 bridgehead atoms. The summed E-state index contributed by atoms with van der Waals surface area (Å²) >= 11 is 0. The summed E-state index contributed by atoms with van der Waals surface area (Å²) in [5.74, 6) is 1.82. The first kappa shape index (κ1) is 12.0. The maximum absolute atomic E-state index is 11.9. The SMILES string of the molecule is COc1ccc2c(c1)CC[C@@H]1C2=CCN2C(=O)CC[C@@H]12. The molecule has 2 atom stereocenters. The van der Waals surface area contributed by atoms with E-state index >= 15 is 0 Å². The minimum absolute atomic E-state index is 0.339. The molecule has 2 heterocycles. The molecule has 1 aromatic rings. The third-order valence-corrected chi connectivity index (χ3v) is 5.09. The van der Waals surface area contributed by atoms with Gasteiger partial charge >= 0.3 is 0 Å². The Kier molecular flexibility index (Phi) is 2.62. The van der Waals surface area contributed by atoms with Crippen LogP contribution in [0.3, 0.4) is 0 Å². The summed E-state index contributed by atoms with van der Waals surface area (Å²) in [4.78, 5) is 14.0. The van der Waals surface area contributed by atoms with Crippen molar-refractivity contribution in [2.75, 3.05) is 13.7 Å². The highest BCUT2D eigenvalue weighted by atomic mass is 16.5. The highest BCUT2D eigenvalue weighted by Gasteiger charge is 2.41. The van der Waals surface area contributed by atoms with Gasteiger partial charge < -0.3 is 9.64 Å². The number of ether oxygens (including phenoxy) is 1. The van der Waals surface area contributed by atoms with E-state index in [-0.39, 0.29) is 0 Å². The molecule has 1 aliphatic carbocycles. The predicted octanol–water partition coefficient (Wildman–Crippen LogP) is 2.65. The van der Waals surface area contributed by atoms with Crippen LogP contribution in [-0.2, 0) is 11.2 Å². The zero-order chi connectivity index (χ0) is 13.7. The van der Waals surface area contributed by atoms with Crippen LogP contribution in [0, 0.1) is 5.92 Å². The van der Waals surface area contributed by atoms with Gasteiger partial charge in [0.2, 0.25) is 5.91 Å². The standard InChI is InChI=1S/C17H19NO2/c1-20-12-3-5-13-11(10-12)2-4-15-14(13)8-9-18-16(15)6-7-17(18)19/h3,5,8,10,15-16H,2,4,6-7,9H2,1H3/t15-,16+/m1/s1. The van der Waals surface area contributed by atoms with Crippen molar-refractivity contribution in [3.05, 3.63) is 35.4 Å². The van der Waals surface area contributed by atoms with Gasteiger partial charge in [0.25, 0.3) is 0 Å². The van der Waals surface area contributed by atoms with Crippen molar-refractivity contribution in [2.24, 2.45) is 5.92 Å². The van der Waals surface area contributed by atoms with Crippen molar-refractivity contribution in [1.82, 2.24) is 4.90 Å². The topological polar surface area (TPSA) is 29.5 Å². The van der Waals surface area contributed by atoms with Crippen molar-refractivity contribution in [1.29, 1.82) is 0 Å². The lowest BCUT2D eigenvalue weighted by Gasteiger charge is -2.40. The molecular formula is C17H19NO2. The van der Waals surface area contributed by atoms with Crippen LogP contribution in [0.1, 0.15) is 30.4 Å². The zero-order valence-corrected chi connectivity index (χ0v) is 11.8. The molecule has 1 saturated heterocycles. The number of methoxy groups -OCH3 is 1. The van der Waals surface area contributed by atoms with Gasteiger partial charge in [0, 0.05) is 24.9 Å². The van der Waals surface area contributed by atoms with Gasteiger partial charge in [-0.3, -0.25) is 4.79 Å². The first-order valence-corrected chi connectivity index (χ1v) is 7.45. The van der Waals surface area contributed by atoms with Crippen LogP contribution < -0.4 is 4.74 Å². The van der Waals surface area contributed by atoms with Crippen LogP contribution in [0.25, 0.3) is 5.57 Å². The van der Waals surface area contributed by atoms with E-state index in [0.717, 1.165) is 38.0 Å². The summed E-state index contributed by atoms with van der Waals surface area (Å²) in [5.41, 5.74) is 4.23. The Labute approximate surface area is 119 Å². The first-order valence-electron chi connectivity index (χ1n) is 7.45. The molecule has 0 saturated carbocycles. The van der Waals surface area contributed by atoms with Crippen LogP contribution in [0.15, 0.2) is 24.3 Å². The summed E-state index contributed by atoms with van der Waals surface area (Å²) in [6.45, 7) is 0.792. The van der Waals surface area contributed by atoms with Gasteiger partial charge in [-0.1, -0.05) is 12.1 Å². The molecule has 1 aromatic carbocycles. The van der Waals surface area contributed by atoms with E-state index in [9.17, 15) is 4.79 Å². The van der Waals surface area contributed by atoms with Crippen molar-refractivity contribution in [3.8, 4) is 5.75 Å². The average molecular weight is 269 g/mol. The van der Waals surface area contributed by atoms with Crippen LogP contribution in [0.5, 0.6) is 5.75 Å². The Morgan fingerprint density at radius 3 is 3.00 bits per heavy atom. The monoisotopic (exact) mass is 269 g/mol. The third-order valence-electron chi connectivity index (χ3n) is 5.09. The lowest BCUT2D eigenvalue weighted by molar-refractivity contribution is -0.129. The summed E-state index contributed by atoms with van der Waals surface area (Å²) in [7, 11) is 1.72. The lowest BCUT2D eigenvalue weighted by Crippen LogP contribution is -2.43. The molecule has 2 aliphatic heterocycles. The van der Waals surface area contributed by atoms with E-state index in [0.29, 0.717) is 17.9 Å². The quantitative estimate of drug-likeness (QED) is 0.784. The number of hydrogen-bond donors (Lipinski definition) is 0. The Morgan fingerprint density at radius 1 is 1.25 bits per heavy atom. The number of rotatable bonds is 1. The number of hydrogen-bond acceptors (Lipinski definition) is 2. The number of carbonyl (C=O) groups excluding carboxylic acids is 1. The Balaban J connectivity index is 1.75. The van der Waals surface area contributed by atoms with Gasteiger partial charge in [-0.25, -0.2) is 0 Å². The lowest BCUT2D eigenvalue weighted by atomic mass is 9.73. The number of amides is 1. The second-order valence-corrected chi connectivity index (χ2v) is 5.98. The molecule has 0 N–H and O–H groups in total. The smallest absolute Gasteiger partial charge is 0.223 e. The van der Waals surface area contributed by atoms with Crippen molar-refractivity contribution < 1.29 is 9.53 Å². The van der Waals surface area contributed by atoms with E-state index < -0.39 is 0 Å². The molecule has 0 radical (unpaired) electrons. The zero-order valence-electron chi connectivity index (χ0n) is 11.8. The molecule has 3 heteroatoms. The van der Waals surface area contributed by atoms with E-state index in [1.165, 1.54) is 16.7 Å².